The fourth-order valence-electron chi connectivity index (χ4n) is 4.63. The van der Waals surface area contributed by atoms with Gasteiger partial charge in [0, 0.05) is 32.0 Å². The van der Waals surface area contributed by atoms with Gasteiger partial charge in [-0.15, -0.1) is 0 Å². The second kappa shape index (κ2) is 11.5. The Balaban J connectivity index is 1.36. The molecular weight excluding hydrogens is 501 g/mol. The number of carbonyl (C=O) groups excluding carboxylic acids is 1. The number of nitrogens with zero attached hydrogens (tertiary/aromatic N) is 4. The Labute approximate surface area is 216 Å². The van der Waals surface area contributed by atoms with Crippen molar-refractivity contribution in [3.63, 3.8) is 0 Å². The number of sulfonamides is 1. The highest BCUT2D eigenvalue weighted by Crippen LogP contribution is 2.30. The number of carbonyl (C=O) groups is 1. The van der Waals surface area contributed by atoms with Crippen LogP contribution in [0, 0.1) is 18.7 Å². The van der Waals surface area contributed by atoms with Gasteiger partial charge in [0.25, 0.3) is 5.91 Å². The van der Waals surface area contributed by atoms with E-state index in [1.54, 1.807) is 23.4 Å². The monoisotopic (exact) mass is 533 g/mol. The van der Waals surface area contributed by atoms with Crippen LogP contribution in [0.25, 0.3) is 0 Å². The van der Waals surface area contributed by atoms with Gasteiger partial charge in [0.15, 0.2) is 11.6 Å². The zero-order chi connectivity index (χ0) is 26.6. The van der Waals surface area contributed by atoms with Gasteiger partial charge in [0.1, 0.15) is 23.3 Å². The molecule has 3 heterocycles. The minimum atomic E-state index is -3.19. The zero-order valence-electron chi connectivity index (χ0n) is 21.2. The molecule has 0 saturated carbocycles. The Morgan fingerprint density at radius 2 is 2.00 bits per heavy atom. The van der Waals surface area contributed by atoms with Crippen molar-refractivity contribution >= 4 is 21.6 Å². The first-order chi connectivity index (χ1) is 17.7. The number of ether oxygens (including phenoxy) is 1. The number of hydrogen-bond donors (Lipinski definition) is 1. The molecule has 0 spiro atoms. The van der Waals surface area contributed by atoms with Crippen LogP contribution in [0.5, 0.6) is 5.75 Å². The number of amides is 1. The number of aromatic nitrogens is 2. The number of benzene rings is 1. The summed E-state index contributed by atoms with van der Waals surface area (Å²) in [4.78, 5) is 27.2. The average Bonchev–Trinajstić information content (AvgIpc) is 3.38. The number of hydrogen-bond acceptors (Lipinski definition) is 8. The van der Waals surface area contributed by atoms with E-state index in [1.165, 1.54) is 19.2 Å². The third kappa shape index (κ3) is 6.42. The van der Waals surface area contributed by atoms with E-state index in [4.69, 9.17) is 9.57 Å². The van der Waals surface area contributed by atoms with Crippen molar-refractivity contribution in [2.75, 3.05) is 26.0 Å². The molecule has 2 aliphatic rings. The van der Waals surface area contributed by atoms with Gasteiger partial charge in [-0.25, -0.2) is 27.1 Å². The van der Waals surface area contributed by atoms with Crippen LogP contribution in [-0.2, 0) is 21.4 Å². The summed E-state index contributed by atoms with van der Waals surface area (Å²) in [6.07, 6.45) is 2.39. The summed E-state index contributed by atoms with van der Waals surface area (Å²) >= 11 is 0. The van der Waals surface area contributed by atoms with Crippen molar-refractivity contribution in [1.82, 2.24) is 19.6 Å². The third-order valence-electron chi connectivity index (χ3n) is 6.61. The molecule has 1 atom stereocenters. The highest BCUT2D eigenvalue weighted by Gasteiger charge is 2.36. The van der Waals surface area contributed by atoms with Crippen LogP contribution in [0.3, 0.4) is 0 Å². The number of halogens is 1. The molecule has 2 aromatic rings. The minimum Gasteiger partial charge on any atom is -0.494 e. The lowest BCUT2D eigenvalue weighted by Crippen LogP contribution is -2.42. The van der Waals surface area contributed by atoms with Crippen LogP contribution >= 0.6 is 0 Å². The smallest absolute Gasteiger partial charge is 0.270 e. The third-order valence-corrected chi connectivity index (χ3v) is 8.68. The number of piperidine rings is 1. The highest BCUT2D eigenvalue weighted by atomic mass is 32.2. The molecule has 1 N–H and O–H groups in total. The standard InChI is InChI=1S/C25H32FN5O5S/c1-4-11-37(33,34)31-9-7-18(8-10-31)23-14-21(30-36-23)20-13-22(29-16(2)28-20)25(32)27-15-17-5-6-19(26)24(12-17)35-3/h5-6,12-13,18,23H,4,7-11,14-15H2,1-3H3,(H,27,32). The fourth-order valence-corrected chi connectivity index (χ4v) is 6.17. The Morgan fingerprint density at radius 3 is 2.70 bits per heavy atom. The van der Waals surface area contributed by atoms with Gasteiger partial charge in [-0.05, 0) is 49.9 Å². The normalized spacial score (nSPS) is 18.8. The van der Waals surface area contributed by atoms with Crippen molar-refractivity contribution < 1.29 is 27.2 Å². The molecule has 1 saturated heterocycles. The fraction of sp³-hybridized carbons (Fsp3) is 0.520. The number of aryl methyl sites for hydroxylation is 1. The average molecular weight is 534 g/mol. The van der Waals surface area contributed by atoms with Crippen molar-refractivity contribution in [1.29, 1.82) is 0 Å². The molecule has 200 valence electrons. The van der Waals surface area contributed by atoms with E-state index in [0.29, 0.717) is 61.6 Å². The maximum Gasteiger partial charge on any atom is 0.270 e. The van der Waals surface area contributed by atoms with E-state index < -0.39 is 21.7 Å². The lowest BCUT2D eigenvalue weighted by molar-refractivity contribution is 0.0225. The topological polar surface area (TPSA) is 123 Å². The summed E-state index contributed by atoms with van der Waals surface area (Å²) in [5.41, 5.74) is 2.03. The molecule has 1 amide bonds. The van der Waals surface area contributed by atoms with Gasteiger partial charge in [-0.2, -0.15) is 0 Å². The number of nitrogens with one attached hydrogen (secondary N) is 1. The molecule has 1 aromatic heterocycles. The van der Waals surface area contributed by atoms with E-state index in [0.717, 1.165) is 0 Å². The van der Waals surface area contributed by atoms with E-state index >= 15 is 0 Å². The molecule has 12 heteroatoms. The molecule has 1 aromatic carbocycles. The zero-order valence-corrected chi connectivity index (χ0v) is 22.1. The van der Waals surface area contributed by atoms with Crippen LogP contribution in [-0.4, -0.2) is 66.4 Å². The van der Waals surface area contributed by atoms with Gasteiger partial charge >= 0.3 is 0 Å². The van der Waals surface area contributed by atoms with E-state index in [9.17, 15) is 17.6 Å². The first-order valence-corrected chi connectivity index (χ1v) is 14.0. The van der Waals surface area contributed by atoms with Gasteiger partial charge in [-0.1, -0.05) is 18.1 Å². The van der Waals surface area contributed by atoms with Crippen molar-refractivity contribution in [3.05, 3.63) is 52.9 Å². The summed E-state index contributed by atoms with van der Waals surface area (Å²) in [5, 5.41) is 7.02. The lowest BCUT2D eigenvalue weighted by atomic mass is 9.89. The number of oxime groups is 1. The summed E-state index contributed by atoms with van der Waals surface area (Å²) in [6.45, 7) is 4.71. The first-order valence-electron chi connectivity index (χ1n) is 12.4. The van der Waals surface area contributed by atoms with Crippen LogP contribution in [0.2, 0.25) is 0 Å². The Hall–Kier alpha value is -3.12. The molecule has 1 unspecified atom stereocenters. The summed E-state index contributed by atoms with van der Waals surface area (Å²) in [6, 6.07) is 5.97. The largest absolute Gasteiger partial charge is 0.494 e. The molecule has 0 radical (unpaired) electrons. The van der Waals surface area contributed by atoms with Crippen molar-refractivity contribution in [3.8, 4) is 5.75 Å². The van der Waals surface area contributed by atoms with E-state index in [2.05, 4.69) is 20.4 Å². The second-order valence-electron chi connectivity index (χ2n) is 9.28. The SMILES string of the molecule is CCCS(=O)(=O)N1CCC(C2CC(c3cc(C(=O)NCc4ccc(F)c(OC)c4)nc(C)n3)=NO2)CC1. The van der Waals surface area contributed by atoms with Crippen molar-refractivity contribution in [2.45, 2.75) is 52.2 Å². The molecular formula is C25H32FN5O5S. The van der Waals surface area contributed by atoms with Crippen LogP contribution < -0.4 is 10.1 Å². The molecule has 4 rings (SSSR count). The van der Waals surface area contributed by atoms with Gasteiger partial charge in [-0.3, -0.25) is 4.79 Å². The predicted molar refractivity (Wildman–Crippen MR) is 135 cm³/mol. The molecule has 2 aliphatic heterocycles. The number of rotatable bonds is 9. The summed E-state index contributed by atoms with van der Waals surface area (Å²) < 4.78 is 44.9. The molecule has 10 nitrogen and oxygen atoms in total. The Bertz CT molecular complexity index is 1280. The van der Waals surface area contributed by atoms with E-state index in [1.807, 2.05) is 6.92 Å². The van der Waals surface area contributed by atoms with Crippen LogP contribution in [0.1, 0.15) is 60.2 Å². The maximum absolute atomic E-state index is 13.6. The molecule has 0 aliphatic carbocycles. The quantitative estimate of drug-likeness (QED) is 0.526. The number of methoxy groups -OCH3 is 1. The molecule has 1 fully saturated rings. The second-order valence-corrected chi connectivity index (χ2v) is 11.4. The Morgan fingerprint density at radius 1 is 1.24 bits per heavy atom. The molecule has 37 heavy (non-hydrogen) atoms. The predicted octanol–water partition coefficient (Wildman–Crippen LogP) is 2.81. The minimum absolute atomic E-state index is 0.106. The molecule has 0 bridgehead atoms. The highest BCUT2D eigenvalue weighted by molar-refractivity contribution is 7.89. The summed E-state index contributed by atoms with van der Waals surface area (Å²) in [5.74, 6) is 0.0186. The Kier molecular flexibility index (Phi) is 8.38. The van der Waals surface area contributed by atoms with Crippen LogP contribution in [0.4, 0.5) is 4.39 Å². The van der Waals surface area contributed by atoms with Crippen molar-refractivity contribution in [2.24, 2.45) is 11.1 Å². The van der Waals surface area contributed by atoms with Gasteiger partial charge < -0.3 is 14.9 Å². The first kappa shape index (κ1) is 26.9. The van der Waals surface area contributed by atoms with Gasteiger partial charge in [0.05, 0.1) is 18.6 Å². The summed E-state index contributed by atoms with van der Waals surface area (Å²) in [7, 11) is -1.81. The lowest BCUT2D eigenvalue weighted by Gasteiger charge is -2.32. The van der Waals surface area contributed by atoms with Gasteiger partial charge in [0.2, 0.25) is 10.0 Å². The maximum atomic E-state index is 13.6. The van der Waals surface area contributed by atoms with Crippen LogP contribution in [0.15, 0.2) is 29.4 Å². The van der Waals surface area contributed by atoms with E-state index in [-0.39, 0.29) is 35.8 Å².